The second-order valence-corrected chi connectivity index (χ2v) is 6.58. The zero-order valence-electron chi connectivity index (χ0n) is 16.4. The number of halogens is 2. The molecule has 0 spiro atoms. The fourth-order valence-corrected chi connectivity index (χ4v) is 2.99. The molecule has 0 bridgehead atoms. The molecule has 1 aromatic heterocycles. The second-order valence-electron chi connectivity index (χ2n) is 5.77. The summed E-state index contributed by atoms with van der Waals surface area (Å²) >= 11 is 12.2. The molecule has 0 saturated carbocycles. The van der Waals surface area contributed by atoms with Gasteiger partial charge < -0.3 is 30.7 Å². The lowest BCUT2D eigenvalue weighted by Crippen LogP contribution is -2.41. The topological polar surface area (TPSA) is 152 Å². The van der Waals surface area contributed by atoms with E-state index in [0.717, 1.165) is 0 Å². The Morgan fingerprint density at radius 2 is 1.87 bits per heavy atom. The third-order valence-electron chi connectivity index (χ3n) is 3.67. The maximum atomic E-state index is 12.3. The van der Waals surface area contributed by atoms with Crippen molar-refractivity contribution in [3.63, 3.8) is 0 Å². The van der Waals surface area contributed by atoms with Crippen LogP contribution in [0.4, 0.5) is 0 Å². The maximum absolute atomic E-state index is 12.3. The molecule has 2 amide bonds. The Bertz CT molecular complexity index is 921. The van der Waals surface area contributed by atoms with Crippen molar-refractivity contribution in [1.82, 2.24) is 10.6 Å². The minimum absolute atomic E-state index is 0.0272. The van der Waals surface area contributed by atoms with Gasteiger partial charge in [0.25, 0.3) is 5.91 Å². The Morgan fingerprint density at radius 3 is 2.39 bits per heavy atom. The van der Waals surface area contributed by atoms with Crippen LogP contribution in [0.5, 0.6) is 0 Å². The second kappa shape index (κ2) is 13.2. The number of carbonyl (C=O) groups excluding carboxylic acids is 3. The van der Waals surface area contributed by atoms with Crippen molar-refractivity contribution >= 4 is 53.3 Å². The van der Waals surface area contributed by atoms with Crippen LogP contribution in [0, 0.1) is 0 Å². The van der Waals surface area contributed by atoms with E-state index in [1.165, 1.54) is 37.6 Å². The largest absolute Gasteiger partial charge is 0.480 e. The number of aldehydes is 1. The number of aliphatic carboxylic acids is 1. The van der Waals surface area contributed by atoms with Gasteiger partial charge in [-0.2, -0.15) is 0 Å². The first-order valence-electron chi connectivity index (χ1n) is 8.84. The smallest absolute Gasteiger partial charge is 0.326 e. The Kier molecular flexibility index (Phi) is 11.0. The summed E-state index contributed by atoms with van der Waals surface area (Å²) < 4.78 is 5.08. The number of hydrogen-bond donors (Lipinski definition) is 4. The highest BCUT2D eigenvalue weighted by atomic mass is 35.5. The fraction of sp³-hybridized carbons (Fsp3) is 0.200. The highest BCUT2D eigenvalue weighted by Crippen LogP contribution is 2.27. The van der Waals surface area contributed by atoms with Crippen molar-refractivity contribution in [2.24, 2.45) is 5.73 Å². The van der Waals surface area contributed by atoms with Crippen LogP contribution >= 0.6 is 23.2 Å². The Morgan fingerprint density at radius 1 is 1.23 bits per heavy atom. The first kappa shape index (κ1) is 25.9. The minimum atomic E-state index is -1.40. The van der Waals surface area contributed by atoms with E-state index in [9.17, 15) is 19.2 Å². The molecule has 9 nitrogen and oxygen atoms in total. The van der Waals surface area contributed by atoms with Gasteiger partial charge in [0.1, 0.15) is 18.1 Å². The van der Waals surface area contributed by atoms with Crippen molar-refractivity contribution in [1.29, 1.82) is 0 Å². The van der Waals surface area contributed by atoms with Crippen molar-refractivity contribution < 1.29 is 28.7 Å². The zero-order valence-corrected chi connectivity index (χ0v) is 17.9. The van der Waals surface area contributed by atoms with E-state index in [-0.39, 0.29) is 28.1 Å². The number of carboxylic acid groups (broad SMARTS) is 1. The van der Waals surface area contributed by atoms with Gasteiger partial charge >= 0.3 is 5.97 Å². The van der Waals surface area contributed by atoms with E-state index >= 15 is 0 Å². The Labute approximate surface area is 188 Å². The molecule has 0 aliphatic heterocycles. The normalized spacial score (nSPS) is 11.2. The summed E-state index contributed by atoms with van der Waals surface area (Å²) in [6, 6.07) is 4.84. The lowest BCUT2D eigenvalue weighted by molar-refractivity contribution is -0.140. The molecule has 2 aromatic rings. The van der Waals surface area contributed by atoms with Crippen LogP contribution in [0.3, 0.4) is 0 Å². The van der Waals surface area contributed by atoms with Crippen LogP contribution in [0.25, 0.3) is 6.08 Å². The number of carbonyl (C=O) groups is 4. The number of amides is 2. The van der Waals surface area contributed by atoms with E-state index in [4.69, 9.17) is 32.7 Å². The molecule has 31 heavy (non-hydrogen) atoms. The third kappa shape index (κ3) is 8.25. The fourth-order valence-electron chi connectivity index (χ4n) is 2.28. The van der Waals surface area contributed by atoms with Crippen molar-refractivity contribution in [2.75, 3.05) is 7.05 Å². The summed E-state index contributed by atoms with van der Waals surface area (Å²) in [5, 5.41) is 13.8. The SMILES string of the molecule is CN.O=CC[C@H](NC(=O)c1c(Cl)cc(CNC(=O)/C=C/c2ccco2)cc1Cl)C(=O)O. The molecule has 2 rings (SSSR count). The molecule has 0 fully saturated rings. The first-order chi connectivity index (χ1) is 14.8. The average molecular weight is 470 g/mol. The first-order valence-corrected chi connectivity index (χ1v) is 9.59. The van der Waals surface area contributed by atoms with Crippen molar-refractivity contribution in [3.8, 4) is 0 Å². The summed E-state index contributed by atoms with van der Waals surface area (Å²) in [5.41, 5.74) is 4.90. The van der Waals surface area contributed by atoms with Crippen molar-refractivity contribution in [3.05, 3.63) is 63.5 Å². The maximum Gasteiger partial charge on any atom is 0.326 e. The van der Waals surface area contributed by atoms with Gasteiger partial charge in [-0.3, -0.25) is 9.59 Å². The van der Waals surface area contributed by atoms with Gasteiger partial charge in [0.05, 0.1) is 21.9 Å². The van der Waals surface area contributed by atoms with Gasteiger partial charge in [-0.15, -0.1) is 0 Å². The predicted molar refractivity (Wildman–Crippen MR) is 116 cm³/mol. The quantitative estimate of drug-likeness (QED) is 0.324. The number of nitrogens with two attached hydrogens (primary N) is 1. The van der Waals surface area contributed by atoms with E-state index in [0.29, 0.717) is 17.6 Å². The van der Waals surface area contributed by atoms with Crippen LogP contribution < -0.4 is 16.4 Å². The molecule has 5 N–H and O–H groups in total. The average Bonchev–Trinajstić information content (AvgIpc) is 3.25. The Balaban J connectivity index is 0.00000233. The number of nitrogens with one attached hydrogen (secondary N) is 2. The molecule has 11 heteroatoms. The predicted octanol–water partition coefficient (Wildman–Crippen LogP) is 2.26. The number of carboxylic acids is 1. The summed E-state index contributed by atoms with van der Waals surface area (Å²) in [6.07, 6.45) is 4.26. The lowest BCUT2D eigenvalue weighted by Gasteiger charge is -2.14. The number of rotatable bonds is 9. The van der Waals surface area contributed by atoms with E-state index in [1.54, 1.807) is 12.1 Å². The van der Waals surface area contributed by atoms with Crippen molar-refractivity contribution in [2.45, 2.75) is 19.0 Å². The van der Waals surface area contributed by atoms with Gasteiger partial charge in [0, 0.05) is 19.0 Å². The number of benzene rings is 1. The molecule has 0 saturated heterocycles. The molecule has 0 aliphatic rings. The third-order valence-corrected chi connectivity index (χ3v) is 4.27. The van der Waals surface area contributed by atoms with Gasteiger partial charge in [-0.05, 0) is 43.0 Å². The molecule has 1 atom stereocenters. The van der Waals surface area contributed by atoms with Gasteiger partial charge in [0.15, 0.2) is 0 Å². The van der Waals surface area contributed by atoms with E-state index in [2.05, 4.69) is 16.4 Å². The van der Waals surface area contributed by atoms with E-state index in [1.807, 2.05) is 0 Å². The molecular formula is C20H21Cl2N3O6. The van der Waals surface area contributed by atoms with Crippen LogP contribution in [0.2, 0.25) is 10.0 Å². The molecule has 0 unspecified atom stereocenters. The van der Waals surface area contributed by atoms with Gasteiger partial charge in [-0.1, -0.05) is 23.2 Å². The molecule has 0 aliphatic carbocycles. The van der Waals surface area contributed by atoms with Crippen LogP contribution in [-0.2, 0) is 20.9 Å². The zero-order chi connectivity index (χ0) is 23.4. The van der Waals surface area contributed by atoms with Crippen LogP contribution in [0.15, 0.2) is 41.0 Å². The summed E-state index contributed by atoms with van der Waals surface area (Å²) in [5.74, 6) is -2.05. The van der Waals surface area contributed by atoms with Crippen LogP contribution in [-0.4, -0.2) is 42.3 Å². The Hall–Kier alpha value is -3.14. The van der Waals surface area contributed by atoms with Crippen LogP contribution in [0.1, 0.15) is 28.1 Å². The van der Waals surface area contributed by atoms with Gasteiger partial charge in [0.2, 0.25) is 5.91 Å². The summed E-state index contributed by atoms with van der Waals surface area (Å²) in [6.45, 7) is 0.0888. The summed E-state index contributed by atoms with van der Waals surface area (Å²) in [7, 11) is 1.50. The van der Waals surface area contributed by atoms with E-state index < -0.39 is 24.3 Å². The summed E-state index contributed by atoms with van der Waals surface area (Å²) in [4.78, 5) is 45.8. The number of furan rings is 1. The molecule has 0 radical (unpaired) electrons. The highest BCUT2D eigenvalue weighted by molar-refractivity contribution is 6.39. The molecular weight excluding hydrogens is 449 g/mol. The number of hydrogen-bond acceptors (Lipinski definition) is 6. The van der Waals surface area contributed by atoms with Gasteiger partial charge in [-0.25, -0.2) is 4.79 Å². The minimum Gasteiger partial charge on any atom is -0.480 e. The monoisotopic (exact) mass is 469 g/mol. The lowest BCUT2D eigenvalue weighted by atomic mass is 10.1. The molecule has 1 heterocycles. The molecule has 166 valence electrons. The molecule has 1 aromatic carbocycles. The highest BCUT2D eigenvalue weighted by Gasteiger charge is 2.23. The standard InChI is InChI=1S/C19H16Cl2N2O6.CH5N/c20-13-8-11(10-22-16(25)4-3-12-2-1-7-29-12)9-14(21)17(13)18(26)23-15(5-6-24)19(27)28;1-2/h1-4,6-9,15H,5,10H2,(H,22,25)(H,23,26)(H,27,28);2H2,1H3/b4-3+;/t15-;/m0./s1.